The Labute approximate surface area is 147 Å². The van der Waals surface area contributed by atoms with Crippen LogP contribution < -0.4 is 9.80 Å². The highest BCUT2D eigenvalue weighted by molar-refractivity contribution is 5.52. The highest BCUT2D eigenvalue weighted by Gasteiger charge is 2.28. The van der Waals surface area contributed by atoms with Crippen LogP contribution in [0.3, 0.4) is 0 Å². The van der Waals surface area contributed by atoms with Gasteiger partial charge < -0.3 is 14.9 Å². The van der Waals surface area contributed by atoms with Gasteiger partial charge in [0, 0.05) is 31.6 Å². The fourth-order valence-electron chi connectivity index (χ4n) is 4.00. The zero-order valence-corrected chi connectivity index (χ0v) is 14.2. The molecule has 3 heterocycles. The summed E-state index contributed by atoms with van der Waals surface area (Å²) in [6.07, 6.45) is 4.68. The van der Waals surface area contributed by atoms with Gasteiger partial charge in [-0.05, 0) is 37.0 Å². The van der Waals surface area contributed by atoms with E-state index in [1.807, 2.05) is 12.1 Å². The lowest BCUT2D eigenvalue weighted by atomic mass is 9.98. The second kappa shape index (κ2) is 6.96. The van der Waals surface area contributed by atoms with Crippen LogP contribution in [0.2, 0.25) is 0 Å². The summed E-state index contributed by atoms with van der Waals surface area (Å²) < 4.78 is 13.5. The Morgan fingerprint density at radius 1 is 1.12 bits per heavy atom. The normalized spacial score (nSPS) is 23.4. The van der Waals surface area contributed by atoms with Gasteiger partial charge in [0.2, 0.25) is 0 Å². The van der Waals surface area contributed by atoms with E-state index in [2.05, 4.69) is 19.8 Å². The van der Waals surface area contributed by atoms with Gasteiger partial charge in [0.15, 0.2) is 0 Å². The molecule has 0 unspecified atom stereocenters. The largest absolute Gasteiger partial charge is 0.394 e. The fourth-order valence-corrected chi connectivity index (χ4v) is 4.00. The Bertz CT molecular complexity index is 741. The molecule has 0 saturated carbocycles. The van der Waals surface area contributed by atoms with Gasteiger partial charge in [0.05, 0.1) is 12.6 Å². The SMILES string of the molecule is OC[C@@H]1CCCN1c1cc(N2CC[C@H](c3cccc(F)c3)C2)ncn1. The molecule has 0 amide bonds. The maximum Gasteiger partial charge on any atom is 0.134 e. The van der Waals surface area contributed by atoms with Crippen LogP contribution in [-0.2, 0) is 0 Å². The van der Waals surface area contributed by atoms with Crippen molar-refractivity contribution in [1.29, 1.82) is 0 Å². The standard InChI is InChI=1S/C19H23FN4O/c20-16-4-1-3-14(9-16)15-6-8-23(11-15)18-10-19(22-13-21-18)24-7-2-5-17(24)12-25/h1,3-4,9-10,13,15,17,25H,2,5-8,11-12H2/t15-,17-/m0/s1. The van der Waals surface area contributed by atoms with Crippen molar-refractivity contribution in [3.8, 4) is 0 Å². The van der Waals surface area contributed by atoms with Gasteiger partial charge in [0.25, 0.3) is 0 Å². The third kappa shape index (κ3) is 3.31. The van der Waals surface area contributed by atoms with Gasteiger partial charge >= 0.3 is 0 Å². The molecule has 2 saturated heterocycles. The number of aliphatic hydroxyl groups is 1. The van der Waals surface area contributed by atoms with Crippen LogP contribution >= 0.6 is 0 Å². The number of aromatic nitrogens is 2. The monoisotopic (exact) mass is 342 g/mol. The molecule has 2 atom stereocenters. The molecule has 2 aliphatic heterocycles. The van der Waals surface area contributed by atoms with E-state index >= 15 is 0 Å². The zero-order valence-electron chi connectivity index (χ0n) is 14.2. The van der Waals surface area contributed by atoms with Crippen molar-refractivity contribution in [2.45, 2.75) is 31.2 Å². The summed E-state index contributed by atoms with van der Waals surface area (Å²) in [6.45, 7) is 2.82. The van der Waals surface area contributed by atoms with E-state index in [0.717, 1.165) is 56.1 Å². The van der Waals surface area contributed by atoms with E-state index < -0.39 is 0 Å². The molecule has 1 N–H and O–H groups in total. The van der Waals surface area contributed by atoms with Crippen molar-refractivity contribution in [1.82, 2.24) is 9.97 Å². The van der Waals surface area contributed by atoms with Gasteiger partial charge in [0.1, 0.15) is 23.8 Å². The van der Waals surface area contributed by atoms with Crippen molar-refractivity contribution in [3.05, 3.63) is 48.0 Å². The number of hydrogen-bond acceptors (Lipinski definition) is 5. The van der Waals surface area contributed by atoms with E-state index in [4.69, 9.17) is 0 Å². The van der Waals surface area contributed by atoms with Gasteiger partial charge in [-0.25, -0.2) is 14.4 Å². The van der Waals surface area contributed by atoms with Crippen LogP contribution in [-0.4, -0.2) is 47.4 Å². The van der Waals surface area contributed by atoms with Crippen molar-refractivity contribution >= 4 is 11.6 Å². The lowest BCUT2D eigenvalue weighted by Gasteiger charge is -2.25. The van der Waals surface area contributed by atoms with E-state index in [9.17, 15) is 9.50 Å². The van der Waals surface area contributed by atoms with E-state index in [1.54, 1.807) is 18.5 Å². The molecule has 0 aliphatic carbocycles. The molecular formula is C19H23FN4O. The molecule has 2 fully saturated rings. The summed E-state index contributed by atoms with van der Waals surface area (Å²) in [5, 5.41) is 9.54. The molecule has 0 bridgehead atoms. The summed E-state index contributed by atoms with van der Waals surface area (Å²) in [5.41, 5.74) is 1.05. The molecule has 1 aromatic carbocycles. The first kappa shape index (κ1) is 16.3. The van der Waals surface area contributed by atoms with E-state index in [0.29, 0.717) is 5.92 Å². The molecule has 25 heavy (non-hydrogen) atoms. The first-order chi connectivity index (χ1) is 12.2. The first-order valence-corrected chi connectivity index (χ1v) is 8.94. The van der Waals surface area contributed by atoms with Crippen molar-refractivity contribution < 1.29 is 9.50 Å². The van der Waals surface area contributed by atoms with Gasteiger partial charge in [-0.1, -0.05) is 12.1 Å². The highest BCUT2D eigenvalue weighted by Crippen LogP contribution is 2.32. The average Bonchev–Trinajstić information content (AvgIpc) is 3.31. The van der Waals surface area contributed by atoms with Gasteiger partial charge in [-0.15, -0.1) is 0 Å². The molecule has 2 aliphatic rings. The van der Waals surface area contributed by atoms with Crippen LogP contribution in [0.5, 0.6) is 0 Å². The summed E-state index contributed by atoms with van der Waals surface area (Å²) in [6, 6.07) is 9.07. The summed E-state index contributed by atoms with van der Waals surface area (Å²) >= 11 is 0. The molecule has 0 spiro atoms. The molecular weight excluding hydrogens is 319 g/mol. The maximum absolute atomic E-state index is 13.5. The van der Waals surface area contributed by atoms with Crippen LogP contribution in [0.15, 0.2) is 36.7 Å². The molecule has 0 radical (unpaired) electrons. The Morgan fingerprint density at radius 3 is 2.84 bits per heavy atom. The van der Waals surface area contributed by atoms with Crippen LogP contribution in [0.4, 0.5) is 16.0 Å². The van der Waals surface area contributed by atoms with Crippen molar-refractivity contribution in [2.24, 2.45) is 0 Å². The molecule has 132 valence electrons. The number of anilines is 2. The Balaban J connectivity index is 1.50. The lowest BCUT2D eigenvalue weighted by Crippen LogP contribution is -2.33. The summed E-state index contributed by atoms with van der Waals surface area (Å²) in [7, 11) is 0. The van der Waals surface area contributed by atoms with Crippen LogP contribution in [0, 0.1) is 5.82 Å². The van der Waals surface area contributed by atoms with Crippen LogP contribution in [0.1, 0.15) is 30.7 Å². The quantitative estimate of drug-likeness (QED) is 0.925. The smallest absolute Gasteiger partial charge is 0.134 e. The maximum atomic E-state index is 13.5. The third-order valence-corrected chi connectivity index (χ3v) is 5.35. The topological polar surface area (TPSA) is 52.5 Å². The molecule has 4 rings (SSSR count). The molecule has 6 heteroatoms. The first-order valence-electron chi connectivity index (χ1n) is 8.94. The fraction of sp³-hybridized carbons (Fsp3) is 0.474. The minimum Gasteiger partial charge on any atom is -0.394 e. The highest BCUT2D eigenvalue weighted by atomic mass is 19.1. The zero-order chi connectivity index (χ0) is 17.2. The number of aliphatic hydroxyl groups excluding tert-OH is 1. The molecule has 5 nitrogen and oxygen atoms in total. The summed E-state index contributed by atoms with van der Waals surface area (Å²) in [5.74, 6) is 1.94. The Kier molecular flexibility index (Phi) is 4.53. The number of nitrogens with zero attached hydrogens (tertiary/aromatic N) is 4. The lowest BCUT2D eigenvalue weighted by molar-refractivity contribution is 0.266. The average molecular weight is 342 g/mol. The minimum absolute atomic E-state index is 0.154. The minimum atomic E-state index is -0.177. The number of benzene rings is 1. The van der Waals surface area contributed by atoms with Gasteiger partial charge in [-0.3, -0.25) is 0 Å². The van der Waals surface area contributed by atoms with Gasteiger partial charge in [-0.2, -0.15) is 0 Å². The second-order valence-electron chi connectivity index (χ2n) is 6.89. The number of halogens is 1. The Hall–Kier alpha value is -2.21. The van der Waals surface area contributed by atoms with Crippen molar-refractivity contribution in [2.75, 3.05) is 36.0 Å². The third-order valence-electron chi connectivity index (χ3n) is 5.35. The van der Waals surface area contributed by atoms with Crippen molar-refractivity contribution in [3.63, 3.8) is 0 Å². The Morgan fingerprint density at radius 2 is 2.00 bits per heavy atom. The predicted molar refractivity (Wildman–Crippen MR) is 95.5 cm³/mol. The number of rotatable bonds is 4. The number of hydrogen-bond donors (Lipinski definition) is 1. The molecule has 1 aromatic heterocycles. The van der Waals surface area contributed by atoms with Crippen LogP contribution in [0.25, 0.3) is 0 Å². The van der Waals surface area contributed by atoms with E-state index in [-0.39, 0.29) is 18.5 Å². The molecule has 2 aromatic rings. The second-order valence-corrected chi connectivity index (χ2v) is 6.89. The predicted octanol–water partition coefficient (Wildman–Crippen LogP) is 2.57. The summed E-state index contributed by atoms with van der Waals surface area (Å²) in [4.78, 5) is 13.3. The van der Waals surface area contributed by atoms with E-state index in [1.165, 1.54) is 6.07 Å².